The van der Waals surface area contributed by atoms with Gasteiger partial charge in [-0.3, -0.25) is 0 Å². The molecule has 74 valence electrons. The number of halogens is 2. The van der Waals surface area contributed by atoms with Crippen LogP contribution in [0.25, 0.3) is 0 Å². The van der Waals surface area contributed by atoms with Gasteiger partial charge in [-0.05, 0) is 23.8 Å². The minimum atomic E-state index is -0.288. The van der Waals surface area contributed by atoms with Crippen LogP contribution in [0.5, 0.6) is 0 Å². The number of amidine groups is 1. The summed E-state index contributed by atoms with van der Waals surface area (Å²) in [5, 5.41) is 0. The van der Waals surface area contributed by atoms with Crippen LogP contribution in [0.3, 0.4) is 0 Å². The molecule has 14 heavy (non-hydrogen) atoms. The van der Waals surface area contributed by atoms with E-state index in [1.165, 1.54) is 12.1 Å². The Labute approximate surface area is 88.9 Å². The van der Waals surface area contributed by atoms with Crippen LogP contribution in [0.4, 0.5) is 4.39 Å². The molecule has 0 fully saturated rings. The van der Waals surface area contributed by atoms with Gasteiger partial charge in [0.15, 0.2) is 0 Å². The number of hydrogen-bond acceptors (Lipinski definition) is 3. The van der Waals surface area contributed by atoms with Crippen molar-refractivity contribution >= 4 is 22.0 Å². The first-order valence-electron chi connectivity index (χ1n) is 4.08. The Morgan fingerprint density at radius 2 is 2.36 bits per heavy atom. The smallest absolute Gasteiger partial charge is 0.282 e. The fourth-order valence-corrected chi connectivity index (χ4v) is 1.83. The lowest BCUT2D eigenvalue weighted by Crippen LogP contribution is -2.10. The topological polar surface area (TPSA) is 47.6 Å². The van der Waals surface area contributed by atoms with Gasteiger partial charge in [0.2, 0.25) is 0 Å². The molecule has 0 spiro atoms. The van der Waals surface area contributed by atoms with Gasteiger partial charge in [0.25, 0.3) is 6.02 Å². The van der Waals surface area contributed by atoms with Crippen LogP contribution in [0.1, 0.15) is 11.6 Å². The minimum absolute atomic E-state index is 0.158. The molecule has 3 nitrogen and oxygen atoms in total. The molecular formula is C9H8BrFN2O. The van der Waals surface area contributed by atoms with Crippen LogP contribution < -0.4 is 5.73 Å². The van der Waals surface area contributed by atoms with Crippen molar-refractivity contribution in [3.63, 3.8) is 0 Å². The molecule has 0 saturated heterocycles. The maximum Gasteiger partial charge on any atom is 0.282 e. The van der Waals surface area contributed by atoms with Crippen molar-refractivity contribution in [2.75, 3.05) is 6.61 Å². The summed E-state index contributed by atoms with van der Waals surface area (Å²) in [4.78, 5) is 4.04. The van der Waals surface area contributed by atoms with Gasteiger partial charge in [-0.25, -0.2) is 9.38 Å². The van der Waals surface area contributed by atoms with Crippen LogP contribution in [-0.2, 0) is 4.74 Å². The average Bonchev–Trinajstić information content (AvgIpc) is 2.56. The molecule has 5 heteroatoms. The second-order valence-electron chi connectivity index (χ2n) is 2.96. The van der Waals surface area contributed by atoms with Crippen molar-refractivity contribution in [1.82, 2.24) is 0 Å². The average molecular weight is 259 g/mol. The van der Waals surface area contributed by atoms with Crippen molar-refractivity contribution in [2.24, 2.45) is 10.7 Å². The number of nitrogens with two attached hydrogens (primary N) is 1. The van der Waals surface area contributed by atoms with Gasteiger partial charge in [-0.2, -0.15) is 0 Å². The van der Waals surface area contributed by atoms with Gasteiger partial charge >= 0.3 is 0 Å². The van der Waals surface area contributed by atoms with E-state index in [1.54, 1.807) is 6.07 Å². The molecule has 0 saturated carbocycles. The second kappa shape index (κ2) is 3.57. The van der Waals surface area contributed by atoms with Gasteiger partial charge in [0, 0.05) is 4.47 Å². The van der Waals surface area contributed by atoms with Crippen LogP contribution in [-0.4, -0.2) is 12.6 Å². The number of aliphatic imine (C=N–C) groups is 1. The van der Waals surface area contributed by atoms with Crippen molar-refractivity contribution < 1.29 is 9.13 Å². The van der Waals surface area contributed by atoms with Crippen LogP contribution in [0, 0.1) is 5.82 Å². The maximum absolute atomic E-state index is 13.0. The van der Waals surface area contributed by atoms with E-state index >= 15 is 0 Å². The molecule has 1 aliphatic heterocycles. The van der Waals surface area contributed by atoms with Gasteiger partial charge in [-0.15, -0.1) is 0 Å². The predicted molar refractivity (Wildman–Crippen MR) is 54.4 cm³/mol. The first kappa shape index (κ1) is 9.45. The third-order valence-electron chi connectivity index (χ3n) is 1.99. The first-order valence-corrected chi connectivity index (χ1v) is 4.87. The van der Waals surface area contributed by atoms with E-state index < -0.39 is 0 Å². The predicted octanol–water partition coefficient (Wildman–Crippen LogP) is 1.97. The Morgan fingerprint density at radius 3 is 3.00 bits per heavy atom. The molecule has 1 atom stereocenters. The fraction of sp³-hybridized carbons (Fsp3) is 0.222. The molecule has 1 aliphatic rings. The van der Waals surface area contributed by atoms with Crippen molar-refractivity contribution in [1.29, 1.82) is 0 Å². The SMILES string of the molecule is NC1=NC(c2cc(F)ccc2Br)CO1. The van der Waals surface area contributed by atoms with Crippen molar-refractivity contribution in [3.05, 3.63) is 34.1 Å². The quantitative estimate of drug-likeness (QED) is 0.838. The first-order chi connectivity index (χ1) is 6.66. The Bertz CT molecular complexity index is 394. The van der Waals surface area contributed by atoms with Gasteiger partial charge in [0.1, 0.15) is 18.5 Å². The zero-order valence-corrected chi connectivity index (χ0v) is 8.79. The summed E-state index contributed by atoms with van der Waals surface area (Å²) < 4.78 is 18.8. The summed E-state index contributed by atoms with van der Waals surface area (Å²) in [7, 11) is 0. The lowest BCUT2D eigenvalue weighted by Gasteiger charge is -2.07. The summed E-state index contributed by atoms with van der Waals surface area (Å²) in [5.74, 6) is -0.288. The number of benzene rings is 1. The van der Waals surface area contributed by atoms with E-state index in [-0.39, 0.29) is 17.9 Å². The van der Waals surface area contributed by atoms with Gasteiger partial charge in [0.05, 0.1) is 0 Å². The number of ether oxygens (including phenoxy) is 1. The Hall–Kier alpha value is -1.10. The summed E-state index contributed by atoms with van der Waals surface area (Å²) in [6.07, 6.45) is 0. The number of rotatable bonds is 1. The molecule has 0 amide bonds. The third-order valence-corrected chi connectivity index (χ3v) is 2.71. The van der Waals surface area contributed by atoms with Gasteiger partial charge in [-0.1, -0.05) is 15.9 Å². The largest absolute Gasteiger partial charge is 0.463 e. The molecule has 1 aromatic rings. The van der Waals surface area contributed by atoms with Crippen LogP contribution in [0.2, 0.25) is 0 Å². The molecule has 0 radical (unpaired) electrons. The number of nitrogens with zero attached hydrogens (tertiary/aromatic N) is 1. The maximum atomic E-state index is 13.0. The third kappa shape index (κ3) is 1.72. The van der Waals surface area contributed by atoms with E-state index in [9.17, 15) is 4.39 Å². The molecule has 2 N–H and O–H groups in total. The summed E-state index contributed by atoms with van der Waals surface area (Å²) in [6, 6.07) is 4.41. The summed E-state index contributed by atoms with van der Waals surface area (Å²) >= 11 is 3.33. The van der Waals surface area contributed by atoms with Crippen LogP contribution >= 0.6 is 15.9 Å². The van der Waals surface area contributed by atoms with Crippen LogP contribution in [0.15, 0.2) is 27.7 Å². The molecular weight excluding hydrogens is 251 g/mol. The van der Waals surface area contributed by atoms with E-state index in [0.29, 0.717) is 6.61 Å². The Morgan fingerprint density at radius 1 is 1.57 bits per heavy atom. The lowest BCUT2D eigenvalue weighted by molar-refractivity contribution is 0.314. The highest BCUT2D eigenvalue weighted by Gasteiger charge is 2.21. The molecule has 2 rings (SSSR count). The standard InChI is InChI=1S/C9H8BrFN2O/c10-7-2-1-5(11)3-6(7)8-4-14-9(12)13-8/h1-3,8H,4H2,(H2,12,13). The lowest BCUT2D eigenvalue weighted by atomic mass is 10.1. The highest BCUT2D eigenvalue weighted by Crippen LogP contribution is 2.29. The summed E-state index contributed by atoms with van der Waals surface area (Å²) in [5.41, 5.74) is 6.12. The molecule has 0 aliphatic carbocycles. The normalized spacial score (nSPS) is 20.4. The van der Waals surface area contributed by atoms with Crippen molar-refractivity contribution in [2.45, 2.75) is 6.04 Å². The van der Waals surface area contributed by atoms with E-state index in [0.717, 1.165) is 10.0 Å². The zero-order chi connectivity index (χ0) is 10.1. The fourth-order valence-electron chi connectivity index (χ4n) is 1.32. The van der Waals surface area contributed by atoms with Crippen molar-refractivity contribution in [3.8, 4) is 0 Å². The monoisotopic (exact) mass is 258 g/mol. The molecule has 0 aromatic heterocycles. The molecule has 1 heterocycles. The van der Waals surface area contributed by atoms with E-state index in [2.05, 4.69) is 20.9 Å². The zero-order valence-electron chi connectivity index (χ0n) is 7.21. The minimum Gasteiger partial charge on any atom is -0.463 e. The highest BCUT2D eigenvalue weighted by atomic mass is 79.9. The summed E-state index contributed by atoms with van der Waals surface area (Å²) in [6.45, 7) is 0.369. The van der Waals surface area contributed by atoms with Gasteiger partial charge < -0.3 is 10.5 Å². The Kier molecular flexibility index (Phi) is 2.41. The van der Waals surface area contributed by atoms with E-state index in [4.69, 9.17) is 10.5 Å². The van der Waals surface area contributed by atoms with E-state index in [1.807, 2.05) is 0 Å². The number of hydrogen-bond donors (Lipinski definition) is 1. The molecule has 0 bridgehead atoms. The molecule has 1 aromatic carbocycles. The molecule has 1 unspecified atom stereocenters. The second-order valence-corrected chi connectivity index (χ2v) is 3.81. The Balaban J connectivity index is 2.36. The highest BCUT2D eigenvalue weighted by molar-refractivity contribution is 9.10.